The molecule has 1 amide bonds. The molecule has 0 saturated carbocycles. The van der Waals surface area contributed by atoms with E-state index >= 15 is 0 Å². The molecule has 0 aliphatic heterocycles. The van der Waals surface area contributed by atoms with E-state index in [-0.39, 0.29) is 29.8 Å². The zero-order valence-corrected chi connectivity index (χ0v) is 13.1. The molecule has 0 aliphatic rings. The van der Waals surface area contributed by atoms with Gasteiger partial charge in [-0.15, -0.1) is 0 Å². The van der Waals surface area contributed by atoms with Gasteiger partial charge in [0.25, 0.3) is 5.91 Å². The number of aryl methyl sites for hydroxylation is 1. The first-order valence-corrected chi connectivity index (χ1v) is 6.61. The standard InChI is InChI=1S/C15H15N3OS.ClH/c1-11-6-8-18(9-7-11)10-14(19)17-13-5-3-2-4-12(13)15(16)20;/h2-9H,10H2,1H3,(H2-,16,17,19,20);1H. The van der Waals surface area contributed by atoms with Crippen LogP contribution in [0.4, 0.5) is 5.69 Å². The van der Waals surface area contributed by atoms with E-state index in [0.717, 1.165) is 5.56 Å². The van der Waals surface area contributed by atoms with E-state index in [2.05, 4.69) is 5.32 Å². The van der Waals surface area contributed by atoms with Crippen LogP contribution in [0.2, 0.25) is 0 Å². The van der Waals surface area contributed by atoms with Gasteiger partial charge in [0.05, 0.1) is 5.69 Å². The van der Waals surface area contributed by atoms with Crippen LogP contribution < -0.4 is 28.0 Å². The second kappa shape index (κ2) is 7.71. The molecule has 2 aromatic rings. The molecule has 1 heterocycles. The van der Waals surface area contributed by atoms with Gasteiger partial charge in [0, 0.05) is 17.7 Å². The van der Waals surface area contributed by atoms with Gasteiger partial charge in [0.15, 0.2) is 12.4 Å². The second-order valence-electron chi connectivity index (χ2n) is 4.51. The van der Waals surface area contributed by atoms with Gasteiger partial charge >= 0.3 is 0 Å². The van der Waals surface area contributed by atoms with Crippen molar-refractivity contribution in [1.82, 2.24) is 0 Å². The molecule has 0 spiro atoms. The minimum atomic E-state index is -0.123. The average molecular weight is 322 g/mol. The Morgan fingerprint density at radius 3 is 2.48 bits per heavy atom. The fourth-order valence-electron chi connectivity index (χ4n) is 1.80. The maximum absolute atomic E-state index is 12.0. The van der Waals surface area contributed by atoms with Crippen LogP contribution in [0.15, 0.2) is 48.8 Å². The van der Waals surface area contributed by atoms with Crippen LogP contribution in [-0.2, 0) is 11.3 Å². The summed E-state index contributed by atoms with van der Waals surface area (Å²) < 4.78 is 1.81. The smallest absolute Gasteiger partial charge is 0.290 e. The molecule has 0 radical (unpaired) electrons. The molecule has 0 fully saturated rings. The number of rotatable bonds is 4. The molecule has 6 heteroatoms. The maximum atomic E-state index is 12.0. The molecular formula is C15H16ClN3OS. The Morgan fingerprint density at radius 1 is 1.24 bits per heavy atom. The lowest BCUT2D eigenvalue weighted by Crippen LogP contribution is -3.00. The average Bonchev–Trinajstić information content (AvgIpc) is 2.41. The SMILES string of the molecule is Cc1cc[n+](CC(=O)Nc2ccccc2C(N)=S)cc1.[Cl-]. The predicted molar refractivity (Wildman–Crippen MR) is 82.3 cm³/mol. The highest BCUT2D eigenvalue weighted by atomic mass is 35.5. The first-order valence-electron chi connectivity index (χ1n) is 6.20. The predicted octanol–water partition coefficient (Wildman–Crippen LogP) is -1.44. The zero-order valence-electron chi connectivity index (χ0n) is 11.5. The van der Waals surface area contributed by atoms with E-state index in [9.17, 15) is 4.79 Å². The number of benzene rings is 1. The van der Waals surface area contributed by atoms with Crippen LogP contribution >= 0.6 is 12.2 Å². The largest absolute Gasteiger partial charge is 1.00 e. The van der Waals surface area contributed by atoms with Gasteiger partial charge in [0.2, 0.25) is 6.54 Å². The number of hydrogen-bond donors (Lipinski definition) is 2. The van der Waals surface area contributed by atoms with Crippen LogP contribution in [0.1, 0.15) is 11.1 Å². The van der Waals surface area contributed by atoms with Crippen molar-refractivity contribution in [2.75, 3.05) is 5.32 Å². The van der Waals surface area contributed by atoms with Gasteiger partial charge in [-0.25, -0.2) is 0 Å². The van der Waals surface area contributed by atoms with Crippen LogP contribution in [0, 0.1) is 6.92 Å². The van der Waals surface area contributed by atoms with E-state index in [0.29, 0.717) is 11.3 Å². The van der Waals surface area contributed by atoms with Crippen LogP contribution in [0.3, 0.4) is 0 Å². The molecule has 110 valence electrons. The van der Waals surface area contributed by atoms with Crippen LogP contribution in [-0.4, -0.2) is 10.9 Å². The number of nitrogens with zero attached hydrogens (tertiary/aromatic N) is 1. The number of nitrogens with one attached hydrogen (secondary N) is 1. The summed E-state index contributed by atoms with van der Waals surface area (Å²) in [4.78, 5) is 12.3. The Morgan fingerprint density at radius 2 is 1.86 bits per heavy atom. The van der Waals surface area contributed by atoms with Gasteiger partial charge in [0.1, 0.15) is 4.99 Å². The number of pyridine rings is 1. The third kappa shape index (κ3) is 4.81. The minimum absolute atomic E-state index is 0. The highest BCUT2D eigenvalue weighted by Gasteiger charge is 2.12. The normalized spacial score (nSPS) is 9.57. The molecule has 0 saturated heterocycles. The topological polar surface area (TPSA) is 59.0 Å². The van der Waals surface area contributed by atoms with Crippen molar-refractivity contribution in [3.05, 3.63) is 59.9 Å². The number of nitrogens with two attached hydrogens (primary N) is 1. The Hall–Kier alpha value is -1.98. The van der Waals surface area contributed by atoms with Gasteiger partial charge in [-0.3, -0.25) is 4.79 Å². The summed E-state index contributed by atoms with van der Waals surface area (Å²) in [6.45, 7) is 2.24. The Balaban J connectivity index is 0.00000220. The van der Waals surface area contributed by atoms with Crippen molar-refractivity contribution in [1.29, 1.82) is 0 Å². The number of halogens is 1. The first-order chi connectivity index (χ1) is 9.56. The van der Waals surface area contributed by atoms with Crippen molar-refractivity contribution < 1.29 is 21.8 Å². The molecule has 1 aromatic heterocycles. The molecule has 3 N–H and O–H groups in total. The van der Waals surface area contributed by atoms with Crippen molar-refractivity contribution in [2.24, 2.45) is 5.73 Å². The van der Waals surface area contributed by atoms with Crippen molar-refractivity contribution >= 4 is 28.8 Å². The summed E-state index contributed by atoms with van der Waals surface area (Å²) >= 11 is 4.97. The summed E-state index contributed by atoms with van der Waals surface area (Å²) in [6, 6.07) is 11.1. The molecule has 0 aliphatic carbocycles. The van der Waals surface area contributed by atoms with Gasteiger partial charge < -0.3 is 23.5 Å². The van der Waals surface area contributed by atoms with E-state index < -0.39 is 0 Å². The molecule has 1 aromatic carbocycles. The lowest BCUT2D eigenvalue weighted by molar-refractivity contribution is -0.684. The second-order valence-corrected chi connectivity index (χ2v) is 4.95. The number of anilines is 1. The van der Waals surface area contributed by atoms with Crippen LogP contribution in [0.5, 0.6) is 0 Å². The molecule has 21 heavy (non-hydrogen) atoms. The molecule has 0 atom stereocenters. The summed E-state index contributed by atoms with van der Waals surface area (Å²) in [5.74, 6) is -0.123. The lowest BCUT2D eigenvalue weighted by atomic mass is 10.2. The quantitative estimate of drug-likeness (QED) is 0.536. The Bertz CT molecular complexity index is 644. The third-order valence-electron chi connectivity index (χ3n) is 2.85. The molecule has 2 rings (SSSR count). The Kier molecular flexibility index (Phi) is 6.27. The highest BCUT2D eigenvalue weighted by Crippen LogP contribution is 2.14. The summed E-state index contributed by atoms with van der Waals surface area (Å²) in [5, 5.41) is 2.83. The molecule has 4 nitrogen and oxygen atoms in total. The van der Waals surface area contributed by atoms with E-state index in [1.165, 1.54) is 0 Å². The van der Waals surface area contributed by atoms with Crippen molar-refractivity contribution in [3.8, 4) is 0 Å². The number of carbonyl (C=O) groups is 1. The summed E-state index contributed by atoms with van der Waals surface area (Å²) in [6.07, 6.45) is 3.74. The minimum Gasteiger partial charge on any atom is -1.00 e. The van der Waals surface area contributed by atoms with Gasteiger partial charge in [-0.05, 0) is 24.6 Å². The van der Waals surface area contributed by atoms with Crippen molar-refractivity contribution in [3.63, 3.8) is 0 Å². The summed E-state index contributed by atoms with van der Waals surface area (Å²) in [7, 11) is 0. The number of aromatic nitrogens is 1. The van der Waals surface area contributed by atoms with Crippen LogP contribution in [0.25, 0.3) is 0 Å². The lowest BCUT2D eigenvalue weighted by Gasteiger charge is -2.08. The number of amides is 1. The third-order valence-corrected chi connectivity index (χ3v) is 3.07. The number of thiocarbonyl (C=S) groups is 1. The van der Waals surface area contributed by atoms with E-state index in [1.807, 2.05) is 48.1 Å². The Labute approximate surface area is 135 Å². The first kappa shape index (κ1) is 17.1. The fraction of sp³-hybridized carbons (Fsp3) is 0.133. The zero-order chi connectivity index (χ0) is 14.5. The number of para-hydroxylation sites is 1. The van der Waals surface area contributed by atoms with Gasteiger partial charge in [-0.2, -0.15) is 4.57 Å². The molecule has 0 bridgehead atoms. The van der Waals surface area contributed by atoms with E-state index in [1.54, 1.807) is 12.1 Å². The van der Waals surface area contributed by atoms with E-state index in [4.69, 9.17) is 18.0 Å². The van der Waals surface area contributed by atoms with Gasteiger partial charge in [-0.1, -0.05) is 24.4 Å². The fourth-order valence-corrected chi connectivity index (χ4v) is 1.98. The molecule has 0 unspecified atom stereocenters. The molecular weight excluding hydrogens is 306 g/mol. The number of carbonyl (C=O) groups excluding carboxylic acids is 1. The van der Waals surface area contributed by atoms with Crippen molar-refractivity contribution in [2.45, 2.75) is 13.5 Å². The maximum Gasteiger partial charge on any atom is 0.290 e. The monoisotopic (exact) mass is 321 g/mol. The summed E-state index contributed by atoms with van der Waals surface area (Å²) in [5.41, 5.74) is 8.10. The highest BCUT2D eigenvalue weighted by molar-refractivity contribution is 7.80. The number of hydrogen-bond acceptors (Lipinski definition) is 2.